The van der Waals surface area contributed by atoms with Crippen LogP contribution in [0.15, 0.2) is 11.1 Å². The molecule has 82 valence electrons. The van der Waals surface area contributed by atoms with Crippen LogP contribution in [0.25, 0.3) is 0 Å². The van der Waals surface area contributed by atoms with E-state index in [2.05, 4.69) is 4.98 Å². The highest BCUT2D eigenvalue weighted by atomic mass is 32.2. The second-order valence-corrected chi connectivity index (χ2v) is 3.90. The summed E-state index contributed by atoms with van der Waals surface area (Å²) in [6.07, 6.45) is 1.87. The number of amides is 1. The number of primary amides is 1. The van der Waals surface area contributed by atoms with Crippen LogP contribution in [0.1, 0.15) is 21.6 Å². The zero-order valence-corrected chi connectivity index (χ0v) is 9.85. The molecule has 0 aliphatic rings. The predicted octanol–water partition coefficient (Wildman–Crippen LogP) is 1.36. The summed E-state index contributed by atoms with van der Waals surface area (Å²) in [7, 11) is 1.58. The van der Waals surface area contributed by atoms with Crippen LogP contribution in [-0.2, 0) is 11.3 Å². The van der Waals surface area contributed by atoms with Crippen LogP contribution in [-0.4, -0.2) is 24.3 Å². The smallest absolute Gasteiger partial charge is 0.251 e. The van der Waals surface area contributed by atoms with E-state index in [1.165, 1.54) is 11.8 Å². The van der Waals surface area contributed by atoms with Crippen LogP contribution in [0.3, 0.4) is 0 Å². The van der Waals surface area contributed by atoms with Gasteiger partial charge in [0.05, 0.1) is 12.2 Å². The molecule has 0 bridgehead atoms. The van der Waals surface area contributed by atoms with Crippen molar-refractivity contribution in [1.29, 1.82) is 0 Å². The van der Waals surface area contributed by atoms with Crippen LogP contribution in [0.5, 0.6) is 0 Å². The van der Waals surface area contributed by atoms with Gasteiger partial charge in [-0.3, -0.25) is 4.79 Å². The molecule has 1 heterocycles. The lowest BCUT2D eigenvalue weighted by molar-refractivity contribution is 0.0991. The molecule has 0 radical (unpaired) electrons. The van der Waals surface area contributed by atoms with E-state index in [1.807, 2.05) is 19.2 Å². The number of pyridine rings is 1. The number of aromatic nitrogens is 1. The van der Waals surface area contributed by atoms with Gasteiger partial charge in [-0.05, 0) is 24.8 Å². The van der Waals surface area contributed by atoms with Crippen molar-refractivity contribution in [3.05, 3.63) is 22.9 Å². The molecular weight excluding hydrogens is 212 g/mol. The van der Waals surface area contributed by atoms with E-state index in [0.29, 0.717) is 17.2 Å². The SMILES string of the molecule is COCc1cc(C)nc(SC)c1C(N)=O. The number of nitrogens with two attached hydrogens (primary N) is 1. The number of carbonyl (C=O) groups excluding carboxylic acids is 1. The molecule has 0 atom stereocenters. The molecule has 0 spiro atoms. The minimum absolute atomic E-state index is 0.370. The Morgan fingerprint density at radius 3 is 2.80 bits per heavy atom. The largest absolute Gasteiger partial charge is 0.380 e. The summed E-state index contributed by atoms with van der Waals surface area (Å²) in [5, 5.41) is 0.662. The highest BCUT2D eigenvalue weighted by Crippen LogP contribution is 2.22. The number of rotatable bonds is 4. The van der Waals surface area contributed by atoms with E-state index in [0.717, 1.165) is 11.3 Å². The maximum Gasteiger partial charge on any atom is 0.251 e. The molecule has 4 nitrogen and oxygen atoms in total. The van der Waals surface area contributed by atoms with E-state index in [-0.39, 0.29) is 0 Å². The maximum absolute atomic E-state index is 11.3. The summed E-state index contributed by atoms with van der Waals surface area (Å²) < 4.78 is 5.03. The average Bonchev–Trinajstić information content (AvgIpc) is 2.16. The molecule has 1 amide bonds. The van der Waals surface area contributed by atoms with Crippen molar-refractivity contribution in [3.8, 4) is 0 Å². The Hall–Kier alpha value is -1.07. The molecule has 5 heteroatoms. The fraction of sp³-hybridized carbons (Fsp3) is 0.400. The minimum atomic E-state index is -0.459. The molecular formula is C10H14N2O2S. The Bertz CT molecular complexity index is 380. The number of methoxy groups -OCH3 is 1. The molecule has 0 aromatic carbocycles. The highest BCUT2D eigenvalue weighted by molar-refractivity contribution is 7.98. The van der Waals surface area contributed by atoms with Crippen molar-refractivity contribution in [2.24, 2.45) is 5.73 Å². The van der Waals surface area contributed by atoms with Gasteiger partial charge in [0, 0.05) is 12.8 Å². The topological polar surface area (TPSA) is 65.2 Å². The lowest BCUT2D eigenvalue weighted by Crippen LogP contribution is -2.17. The van der Waals surface area contributed by atoms with Crippen molar-refractivity contribution in [2.75, 3.05) is 13.4 Å². The lowest BCUT2D eigenvalue weighted by Gasteiger charge is -2.10. The Labute approximate surface area is 93.2 Å². The number of carbonyl (C=O) groups is 1. The summed E-state index contributed by atoms with van der Waals surface area (Å²) in [4.78, 5) is 15.6. The highest BCUT2D eigenvalue weighted by Gasteiger charge is 2.15. The molecule has 0 saturated heterocycles. The summed E-state index contributed by atoms with van der Waals surface area (Å²) in [5.41, 5.74) is 7.44. The molecule has 0 saturated carbocycles. The third-order valence-corrected chi connectivity index (χ3v) is 2.62. The lowest BCUT2D eigenvalue weighted by atomic mass is 10.1. The van der Waals surface area contributed by atoms with Gasteiger partial charge >= 0.3 is 0 Å². The summed E-state index contributed by atoms with van der Waals surface area (Å²) in [6.45, 7) is 2.25. The third-order valence-electron chi connectivity index (χ3n) is 1.94. The van der Waals surface area contributed by atoms with Crippen molar-refractivity contribution >= 4 is 17.7 Å². The van der Waals surface area contributed by atoms with Gasteiger partial charge < -0.3 is 10.5 Å². The minimum Gasteiger partial charge on any atom is -0.380 e. The number of ether oxygens (including phenoxy) is 1. The van der Waals surface area contributed by atoms with Gasteiger partial charge in [0.25, 0.3) is 5.91 Å². The van der Waals surface area contributed by atoms with Crippen molar-refractivity contribution in [1.82, 2.24) is 4.98 Å². The Morgan fingerprint density at radius 2 is 2.33 bits per heavy atom. The zero-order valence-electron chi connectivity index (χ0n) is 9.03. The standard InChI is InChI=1S/C10H14N2O2S/c1-6-4-7(5-14-2)8(9(11)13)10(12-6)15-3/h4H,5H2,1-3H3,(H2,11,13). The molecule has 0 aliphatic heterocycles. The molecule has 1 aromatic heterocycles. The fourth-order valence-corrected chi connectivity index (χ4v) is 2.06. The van der Waals surface area contributed by atoms with Gasteiger partial charge in [0.2, 0.25) is 0 Å². The Morgan fingerprint density at radius 1 is 1.67 bits per heavy atom. The van der Waals surface area contributed by atoms with Gasteiger partial charge in [0.1, 0.15) is 5.03 Å². The molecule has 1 aromatic rings. The van der Waals surface area contributed by atoms with Crippen LogP contribution in [0, 0.1) is 6.92 Å². The predicted molar refractivity (Wildman–Crippen MR) is 60.0 cm³/mol. The van der Waals surface area contributed by atoms with E-state index < -0.39 is 5.91 Å². The van der Waals surface area contributed by atoms with E-state index in [1.54, 1.807) is 7.11 Å². The molecule has 0 fully saturated rings. The van der Waals surface area contributed by atoms with Crippen LogP contribution in [0.2, 0.25) is 0 Å². The fourth-order valence-electron chi connectivity index (χ4n) is 1.39. The van der Waals surface area contributed by atoms with E-state index in [9.17, 15) is 4.79 Å². The number of nitrogens with zero attached hydrogens (tertiary/aromatic N) is 1. The average molecular weight is 226 g/mol. The van der Waals surface area contributed by atoms with Gasteiger partial charge in [0.15, 0.2) is 0 Å². The normalized spacial score (nSPS) is 10.3. The first-order valence-corrected chi connectivity index (χ1v) is 5.65. The van der Waals surface area contributed by atoms with Crippen molar-refractivity contribution in [2.45, 2.75) is 18.6 Å². The summed E-state index contributed by atoms with van der Waals surface area (Å²) in [6, 6.07) is 1.82. The number of hydrogen-bond donors (Lipinski definition) is 1. The Kier molecular flexibility index (Phi) is 4.11. The van der Waals surface area contributed by atoms with Gasteiger partial charge in [-0.2, -0.15) is 0 Å². The summed E-state index contributed by atoms with van der Waals surface area (Å²) >= 11 is 1.41. The second kappa shape index (κ2) is 5.14. The van der Waals surface area contributed by atoms with Crippen LogP contribution >= 0.6 is 11.8 Å². The molecule has 15 heavy (non-hydrogen) atoms. The quantitative estimate of drug-likeness (QED) is 0.787. The molecule has 0 aliphatic carbocycles. The van der Waals surface area contributed by atoms with Gasteiger partial charge in [-0.15, -0.1) is 11.8 Å². The van der Waals surface area contributed by atoms with Gasteiger partial charge in [-0.1, -0.05) is 0 Å². The first-order chi connectivity index (χ1) is 7.10. The van der Waals surface area contributed by atoms with Crippen molar-refractivity contribution < 1.29 is 9.53 Å². The zero-order chi connectivity index (χ0) is 11.4. The van der Waals surface area contributed by atoms with Crippen LogP contribution in [0.4, 0.5) is 0 Å². The first-order valence-electron chi connectivity index (χ1n) is 4.43. The third kappa shape index (κ3) is 2.70. The monoisotopic (exact) mass is 226 g/mol. The van der Waals surface area contributed by atoms with E-state index >= 15 is 0 Å². The van der Waals surface area contributed by atoms with Gasteiger partial charge in [-0.25, -0.2) is 4.98 Å². The Balaban J connectivity index is 3.33. The number of thioether (sulfide) groups is 1. The first kappa shape index (κ1) is 12.0. The van der Waals surface area contributed by atoms with Crippen LogP contribution < -0.4 is 5.73 Å². The van der Waals surface area contributed by atoms with E-state index in [4.69, 9.17) is 10.5 Å². The number of aryl methyl sites for hydroxylation is 1. The molecule has 0 unspecified atom stereocenters. The number of hydrogen-bond acceptors (Lipinski definition) is 4. The molecule has 1 rings (SSSR count). The van der Waals surface area contributed by atoms with Crippen molar-refractivity contribution in [3.63, 3.8) is 0 Å². The summed E-state index contributed by atoms with van der Waals surface area (Å²) in [5.74, 6) is -0.459. The molecule has 2 N–H and O–H groups in total. The maximum atomic E-state index is 11.3. The second-order valence-electron chi connectivity index (χ2n) is 3.10.